The normalized spacial score (nSPS) is 13.5. The van der Waals surface area contributed by atoms with E-state index in [1.165, 1.54) is 21.7 Å². The molecule has 1 unspecified atom stereocenters. The maximum Gasteiger partial charge on any atom is 0.401 e. The molecular formula is C16H28F3IN4S. The van der Waals surface area contributed by atoms with E-state index >= 15 is 0 Å². The van der Waals surface area contributed by atoms with Gasteiger partial charge in [-0.25, -0.2) is 0 Å². The zero-order valence-electron chi connectivity index (χ0n) is 15.1. The van der Waals surface area contributed by atoms with Crippen LogP contribution >= 0.6 is 35.3 Å². The molecule has 146 valence electrons. The number of hydrogen-bond donors (Lipinski definition) is 2. The molecule has 0 amide bonds. The first-order valence-corrected chi connectivity index (χ1v) is 8.86. The average molecular weight is 492 g/mol. The largest absolute Gasteiger partial charge is 0.401 e. The fourth-order valence-electron chi connectivity index (χ4n) is 2.22. The van der Waals surface area contributed by atoms with Crippen LogP contribution < -0.4 is 10.6 Å². The van der Waals surface area contributed by atoms with E-state index in [9.17, 15) is 13.2 Å². The van der Waals surface area contributed by atoms with Crippen molar-refractivity contribution in [2.24, 2.45) is 4.99 Å². The summed E-state index contributed by atoms with van der Waals surface area (Å²) in [6.07, 6.45) is -3.29. The summed E-state index contributed by atoms with van der Waals surface area (Å²) in [6.45, 7) is 6.46. The van der Waals surface area contributed by atoms with Gasteiger partial charge in [0.1, 0.15) is 0 Å². The number of hydrogen-bond acceptors (Lipinski definition) is 3. The third kappa shape index (κ3) is 11.6. The molecule has 25 heavy (non-hydrogen) atoms. The van der Waals surface area contributed by atoms with E-state index < -0.39 is 12.7 Å². The van der Waals surface area contributed by atoms with Gasteiger partial charge in [0.2, 0.25) is 0 Å². The number of aliphatic imine (C=N–C) groups is 1. The quantitative estimate of drug-likeness (QED) is 0.331. The molecular weight excluding hydrogens is 464 g/mol. The highest BCUT2D eigenvalue weighted by atomic mass is 127. The van der Waals surface area contributed by atoms with Gasteiger partial charge in [-0.15, -0.1) is 35.3 Å². The molecule has 1 aromatic heterocycles. The first-order valence-electron chi connectivity index (χ1n) is 8.05. The molecule has 1 aromatic rings. The van der Waals surface area contributed by atoms with Crippen molar-refractivity contribution in [1.82, 2.24) is 15.5 Å². The lowest BCUT2D eigenvalue weighted by molar-refractivity contribution is -0.142. The molecule has 0 aliphatic heterocycles. The summed E-state index contributed by atoms with van der Waals surface area (Å²) < 4.78 is 36.9. The van der Waals surface area contributed by atoms with Crippen LogP contribution in [-0.4, -0.2) is 56.3 Å². The summed E-state index contributed by atoms with van der Waals surface area (Å²) in [5.41, 5.74) is 0. The second kappa shape index (κ2) is 11.9. The highest BCUT2D eigenvalue weighted by Crippen LogP contribution is 2.17. The Bertz CT molecular complexity index is 520. The second-order valence-electron chi connectivity index (χ2n) is 5.88. The number of nitrogens with one attached hydrogen (secondary N) is 2. The Hall–Kier alpha value is -0.550. The van der Waals surface area contributed by atoms with E-state index in [4.69, 9.17) is 0 Å². The Morgan fingerprint density at radius 2 is 2.04 bits per heavy atom. The number of guanidine groups is 1. The fourth-order valence-corrected chi connectivity index (χ4v) is 3.24. The van der Waals surface area contributed by atoms with E-state index in [0.717, 1.165) is 6.42 Å². The molecule has 0 radical (unpaired) electrons. The SMILES string of the molecule is CCNC(=NCCN(C)CC(F)(F)F)NC(C)Cc1ccc(C)s1.I. The Balaban J connectivity index is 0.00000576. The molecule has 0 saturated carbocycles. The van der Waals surface area contributed by atoms with Gasteiger partial charge in [-0.3, -0.25) is 9.89 Å². The van der Waals surface area contributed by atoms with E-state index in [2.05, 4.69) is 41.6 Å². The lowest BCUT2D eigenvalue weighted by Gasteiger charge is -2.19. The summed E-state index contributed by atoms with van der Waals surface area (Å²) in [4.78, 5) is 8.17. The molecule has 9 heteroatoms. The minimum absolute atomic E-state index is 0. The van der Waals surface area contributed by atoms with Gasteiger partial charge in [0, 0.05) is 35.3 Å². The zero-order valence-corrected chi connectivity index (χ0v) is 18.3. The fraction of sp³-hybridized carbons (Fsp3) is 0.688. The summed E-state index contributed by atoms with van der Waals surface area (Å²) in [5, 5.41) is 6.43. The Labute approximate surface area is 169 Å². The van der Waals surface area contributed by atoms with Gasteiger partial charge in [0.15, 0.2) is 5.96 Å². The van der Waals surface area contributed by atoms with Crippen molar-refractivity contribution in [2.45, 2.75) is 39.4 Å². The van der Waals surface area contributed by atoms with Crippen LogP contribution in [0.2, 0.25) is 0 Å². The smallest absolute Gasteiger partial charge is 0.357 e. The molecule has 0 aromatic carbocycles. The number of rotatable bonds is 8. The standard InChI is InChI=1S/C16H27F3N4S.HI/c1-5-20-15(21-8-9-23(4)11-16(17,18)19)22-12(2)10-14-7-6-13(3)24-14;/h6-7,12H,5,8-11H2,1-4H3,(H2,20,21,22);1H. The van der Waals surface area contributed by atoms with Gasteiger partial charge >= 0.3 is 6.18 Å². The first kappa shape index (κ1) is 24.5. The maximum absolute atomic E-state index is 12.3. The summed E-state index contributed by atoms with van der Waals surface area (Å²) in [6, 6.07) is 4.41. The van der Waals surface area contributed by atoms with Gasteiger partial charge in [0.25, 0.3) is 0 Å². The van der Waals surface area contributed by atoms with Crippen LogP contribution in [0.15, 0.2) is 17.1 Å². The highest BCUT2D eigenvalue weighted by Gasteiger charge is 2.28. The topological polar surface area (TPSA) is 39.7 Å². The van der Waals surface area contributed by atoms with Crippen LogP contribution in [0, 0.1) is 6.92 Å². The minimum atomic E-state index is -4.17. The third-order valence-corrected chi connectivity index (χ3v) is 4.25. The van der Waals surface area contributed by atoms with Crippen molar-refractivity contribution in [2.75, 3.05) is 33.2 Å². The van der Waals surface area contributed by atoms with Crippen molar-refractivity contribution in [3.05, 3.63) is 21.9 Å². The first-order chi connectivity index (χ1) is 11.2. The second-order valence-corrected chi connectivity index (χ2v) is 7.25. The van der Waals surface area contributed by atoms with Gasteiger partial charge in [-0.2, -0.15) is 13.2 Å². The predicted octanol–water partition coefficient (Wildman–Crippen LogP) is 3.65. The molecule has 1 atom stereocenters. The van der Waals surface area contributed by atoms with Crippen LogP contribution in [0.4, 0.5) is 13.2 Å². The van der Waals surface area contributed by atoms with Crippen molar-refractivity contribution in [3.8, 4) is 0 Å². The molecule has 0 spiro atoms. The number of likely N-dealkylation sites (N-methyl/N-ethyl adjacent to an activating group) is 1. The molecule has 0 aliphatic carbocycles. The molecule has 0 saturated heterocycles. The number of thiophene rings is 1. The lowest BCUT2D eigenvalue weighted by atomic mass is 10.2. The van der Waals surface area contributed by atoms with Crippen LogP contribution in [-0.2, 0) is 6.42 Å². The molecule has 0 aliphatic rings. The molecule has 0 fully saturated rings. The van der Waals surface area contributed by atoms with E-state index in [1.54, 1.807) is 11.3 Å². The molecule has 1 heterocycles. The molecule has 1 rings (SSSR count). The van der Waals surface area contributed by atoms with Crippen molar-refractivity contribution in [1.29, 1.82) is 0 Å². The van der Waals surface area contributed by atoms with E-state index in [-0.39, 0.29) is 36.6 Å². The predicted molar refractivity (Wildman–Crippen MR) is 110 cm³/mol. The molecule has 2 N–H and O–H groups in total. The Kier molecular flexibility index (Phi) is 11.7. The number of alkyl halides is 3. The molecule has 4 nitrogen and oxygen atoms in total. The Morgan fingerprint density at radius 1 is 1.36 bits per heavy atom. The summed E-state index contributed by atoms with van der Waals surface area (Å²) in [7, 11) is 1.45. The van der Waals surface area contributed by atoms with Crippen LogP contribution in [0.5, 0.6) is 0 Å². The third-order valence-electron chi connectivity index (χ3n) is 3.23. The summed E-state index contributed by atoms with van der Waals surface area (Å²) in [5.74, 6) is 0.638. The van der Waals surface area contributed by atoms with Gasteiger partial charge in [-0.1, -0.05) is 0 Å². The number of halogens is 4. The average Bonchev–Trinajstić information content (AvgIpc) is 2.82. The molecule has 0 bridgehead atoms. The monoisotopic (exact) mass is 492 g/mol. The Morgan fingerprint density at radius 3 is 2.56 bits per heavy atom. The van der Waals surface area contributed by atoms with Crippen molar-refractivity contribution < 1.29 is 13.2 Å². The van der Waals surface area contributed by atoms with Crippen LogP contribution in [0.1, 0.15) is 23.6 Å². The van der Waals surface area contributed by atoms with Gasteiger partial charge in [-0.05, 0) is 40.0 Å². The van der Waals surface area contributed by atoms with Crippen LogP contribution in [0.25, 0.3) is 0 Å². The maximum atomic E-state index is 12.3. The van der Waals surface area contributed by atoms with E-state index in [1.807, 2.05) is 6.92 Å². The van der Waals surface area contributed by atoms with Gasteiger partial charge < -0.3 is 10.6 Å². The van der Waals surface area contributed by atoms with E-state index in [0.29, 0.717) is 19.0 Å². The minimum Gasteiger partial charge on any atom is -0.357 e. The van der Waals surface area contributed by atoms with Crippen molar-refractivity contribution in [3.63, 3.8) is 0 Å². The highest BCUT2D eigenvalue weighted by molar-refractivity contribution is 14.0. The zero-order chi connectivity index (χ0) is 18.2. The van der Waals surface area contributed by atoms with Crippen molar-refractivity contribution >= 4 is 41.3 Å². The number of nitrogens with zero attached hydrogens (tertiary/aromatic N) is 2. The lowest BCUT2D eigenvalue weighted by Crippen LogP contribution is -2.43. The van der Waals surface area contributed by atoms with Gasteiger partial charge in [0.05, 0.1) is 13.1 Å². The summed E-state index contributed by atoms with van der Waals surface area (Å²) >= 11 is 1.77. The van der Waals surface area contributed by atoms with Crippen LogP contribution in [0.3, 0.4) is 0 Å². The number of aryl methyl sites for hydroxylation is 1.